The molecule has 0 bridgehead atoms. The summed E-state index contributed by atoms with van der Waals surface area (Å²) in [7, 11) is 0. The first-order valence-corrected chi connectivity index (χ1v) is 7.17. The van der Waals surface area contributed by atoms with Crippen molar-refractivity contribution in [1.82, 2.24) is 14.9 Å². The molecule has 19 heavy (non-hydrogen) atoms. The van der Waals surface area contributed by atoms with Crippen LogP contribution in [0.5, 0.6) is 0 Å². The highest BCUT2D eigenvalue weighted by Crippen LogP contribution is 2.25. The normalized spacial score (nSPS) is 18.2. The van der Waals surface area contributed by atoms with Crippen LogP contribution in [0.25, 0.3) is 0 Å². The van der Waals surface area contributed by atoms with Crippen molar-refractivity contribution in [3.63, 3.8) is 0 Å². The lowest BCUT2D eigenvalue weighted by molar-refractivity contribution is -0.127. The van der Waals surface area contributed by atoms with Gasteiger partial charge in [0.05, 0.1) is 5.54 Å². The second kappa shape index (κ2) is 6.19. The van der Waals surface area contributed by atoms with Gasteiger partial charge in [0, 0.05) is 25.5 Å². The van der Waals surface area contributed by atoms with Crippen LogP contribution in [-0.2, 0) is 11.3 Å². The average molecular weight is 264 g/mol. The van der Waals surface area contributed by atoms with Crippen molar-refractivity contribution in [2.45, 2.75) is 57.5 Å². The molecule has 1 aliphatic carbocycles. The molecule has 0 aliphatic heterocycles. The lowest BCUT2D eigenvalue weighted by atomic mass is 9.82. The van der Waals surface area contributed by atoms with E-state index in [0.29, 0.717) is 6.54 Å². The fourth-order valence-electron chi connectivity index (χ4n) is 2.68. The van der Waals surface area contributed by atoms with Gasteiger partial charge >= 0.3 is 0 Å². The van der Waals surface area contributed by atoms with Gasteiger partial charge in [-0.1, -0.05) is 19.3 Å². The molecule has 0 radical (unpaired) electrons. The van der Waals surface area contributed by atoms with Gasteiger partial charge in [-0.15, -0.1) is 0 Å². The molecule has 1 saturated carbocycles. The minimum atomic E-state index is -0.622. The number of amides is 1. The summed E-state index contributed by atoms with van der Waals surface area (Å²) in [6.07, 6.45) is 9.63. The Morgan fingerprint density at radius 1 is 1.47 bits per heavy atom. The zero-order chi connectivity index (χ0) is 13.7. The Labute approximate surface area is 114 Å². The lowest BCUT2D eigenvalue weighted by Crippen LogP contribution is -2.55. The molecule has 1 heterocycles. The molecule has 1 aliphatic rings. The molecule has 0 aromatic carbocycles. The standard InChI is InChI=1S/C14H24N4O/c1-12-16-9-11-18(12)10-5-8-17-13(19)14(15)6-3-2-4-7-14/h9,11H,2-8,10,15H2,1H3,(H,17,19). The monoisotopic (exact) mass is 264 g/mol. The summed E-state index contributed by atoms with van der Waals surface area (Å²) < 4.78 is 2.09. The summed E-state index contributed by atoms with van der Waals surface area (Å²) in [5, 5.41) is 2.98. The smallest absolute Gasteiger partial charge is 0.240 e. The third kappa shape index (κ3) is 3.56. The van der Waals surface area contributed by atoms with E-state index in [1.54, 1.807) is 6.20 Å². The minimum Gasteiger partial charge on any atom is -0.354 e. The molecule has 2 rings (SSSR count). The number of aryl methyl sites for hydroxylation is 2. The Morgan fingerprint density at radius 2 is 2.21 bits per heavy atom. The zero-order valence-corrected chi connectivity index (χ0v) is 11.7. The fourth-order valence-corrected chi connectivity index (χ4v) is 2.68. The highest BCUT2D eigenvalue weighted by molar-refractivity contribution is 5.86. The van der Waals surface area contributed by atoms with Crippen LogP contribution in [0, 0.1) is 6.92 Å². The summed E-state index contributed by atoms with van der Waals surface area (Å²) in [5.74, 6) is 1.03. The van der Waals surface area contributed by atoms with Gasteiger partial charge in [-0.2, -0.15) is 0 Å². The molecule has 5 heteroatoms. The maximum atomic E-state index is 12.1. The summed E-state index contributed by atoms with van der Waals surface area (Å²) in [6.45, 7) is 3.54. The average Bonchev–Trinajstić information content (AvgIpc) is 2.81. The van der Waals surface area contributed by atoms with Crippen LogP contribution in [0.2, 0.25) is 0 Å². The van der Waals surface area contributed by atoms with Crippen molar-refractivity contribution in [2.75, 3.05) is 6.54 Å². The molecule has 1 amide bonds. The number of hydrogen-bond donors (Lipinski definition) is 2. The molecule has 0 unspecified atom stereocenters. The van der Waals surface area contributed by atoms with E-state index in [1.165, 1.54) is 6.42 Å². The first kappa shape index (κ1) is 14.1. The van der Waals surface area contributed by atoms with Crippen molar-refractivity contribution in [1.29, 1.82) is 0 Å². The van der Waals surface area contributed by atoms with Crippen LogP contribution in [0.15, 0.2) is 12.4 Å². The third-order valence-corrected chi connectivity index (χ3v) is 3.98. The SMILES string of the molecule is Cc1nccn1CCCNC(=O)C1(N)CCCCC1. The van der Waals surface area contributed by atoms with E-state index in [1.807, 2.05) is 13.1 Å². The van der Waals surface area contributed by atoms with E-state index in [2.05, 4.69) is 14.9 Å². The van der Waals surface area contributed by atoms with Gasteiger partial charge in [0.1, 0.15) is 5.82 Å². The van der Waals surface area contributed by atoms with Crippen LogP contribution in [0.4, 0.5) is 0 Å². The van der Waals surface area contributed by atoms with Crippen LogP contribution in [0.3, 0.4) is 0 Å². The van der Waals surface area contributed by atoms with Crippen molar-refractivity contribution in [3.8, 4) is 0 Å². The number of carbonyl (C=O) groups excluding carboxylic acids is 1. The Hall–Kier alpha value is -1.36. The molecule has 0 saturated heterocycles. The van der Waals surface area contributed by atoms with E-state index in [9.17, 15) is 4.79 Å². The molecule has 3 N–H and O–H groups in total. The highest BCUT2D eigenvalue weighted by atomic mass is 16.2. The molecular formula is C14H24N4O. The van der Waals surface area contributed by atoms with Crippen LogP contribution in [0.1, 0.15) is 44.3 Å². The number of aromatic nitrogens is 2. The summed E-state index contributed by atoms with van der Waals surface area (Å²) in [5.41, 5.74) is 5.55. The van der Waals surface area contributed by atoms with E-state index >= 15 is 0 Å². The summed E-state index contributed by atoms with van der Waals surface area (Å²) in [6, 6.07) is 0. The first-order valence-electron chi connectivity index (χ1n) is 7.17. The first-order chi connectivity index (χ1) is 9.12. The van der Waals surface area contributed by atoms with E-state index in [4.69, 9.17) is 5.73 Å². The van der Waals surface area contributed by atoms with Gasteiger partial charge in [-0.25, -0.2) is 4.98 Å². The van der Waals surface area contributed by atoms with Crippen LogP contribution >= 0.6 is 0 Å². The molecule has 1 aromatic heterocycles. The number of imidazole rings is 1. The van der Waals surface area contributed by atoms with Gasteiger partial charge in [0.15, 0.2) is 0 Å². The van der Waals surface area contributed by atoms with Gasteiger partial charge in [-0.3, -0.25) is 4.79 Å². The quantitative estimate of drug-likeness (QED) is 0.789. The van der Waals surface area contributed by atoms with Crippen molar-refractivity contribution >= 4 is 5.91 Å². The second-order valence-corrected chi connectivity index (χ2v) is 5.49. The molecule has 0 spiro atoms. The highest BCUT2D eigenvalue weighted by Gasteiger charge is 2.34. The molecule has 1 fully saturated rings. The van der Waals surface area contributed by atoms with Crippen molar-refractivity contribution in [2.24, 2.45) is 5.73 Å². The fraction of sp³-hybridized carbons (Fsp3) is 0.714. The zero-order valence-electron chi connectivity index (χ0n) is 11.7. The Kier molecular flexibility index (Phi) is 4.58. The van der Waals surface area contributed by atoms with Gasteiger partial charge in [0.25, 0.3) is 0 Å². The maximum absolute atomic E-state index is 12.1. The van der Waals surface area contributed by atoms with E-state index in [0.717, 1.165) is 44.5 Å². The molecule has 1 aromatic rings. The number of nitrogens with zero attached hydrogens (tertiary/aromatic N) is 2. The second-order valence-electron chi connectivity index (χ2n) is 5.49. The summed E-state index contributed by atoms with van der Waals surface area (Å²) in [4.78, 5) is 16.3. The minimum absolute atomic E-state index is 0.0227. The number of nitrogens with two attached hydrogens (primary N) is 1. The molecule has 106 valence electrons. The molecule has 5 nitrogen and oxygen atoms in total. The topological polar surface area (TPSA) is 72.9 Å². The maximum Gasteiger partial charge on any atom is 0.240 e. The van der Waals surface area contributed by atoms with Gasteiger partial charge in [-0.05, 0) is 26.2 Å². The van der Waals surface area contributed by atoms with Crippen LogP contribution < -0.4 is 11.1 Å². The lowest BCUT2D eigenvalue weighted by Gasteiger charge is -2.31. The van der Waals surface area contributed by atoms with E-state index in [-0.39, 0.29) is 5.91 Å². The number of carbonyl (C=O) groups is 1. The predicted octanol–water partition coefficient (Wildman–Crippen LogP) is 1.36. The number of nitrogens with one attached hydrogen (secondary N) is 1. The molecule has 0 atom stereocenters. The van der Waals surface area contributed by atoms with Crippen LogP contribution in [-0.4, -0.2) is 27.5 Å². The summed E-state index contributed by atoms with van der Waals surface area (Å²) >= 11 is 0. The Bertz CT molecular complexity index is 421. The number of rotatable bonds is 5. The Morgan fingerprint density at radius 3 is 2.84 bits per heavy atom. The van der Waals surface area contributed by atoms with E-state index < -0.39 is 5.54 Å². The van der Waals surface area contributed by atoms with Gasteiger partial charge in [0.2, 0.25) is 5.91 Å². The largest absolute Gasteiger partial charge is 0.354 e. The van der Waals surface area contributed by atoms with Gasteiger partial charge < -0.3 is 15.6 Å². The number of hydrogen-bond acceptors (Lipinski definition) is 3. The molecular weight excluding hydrogens is 240 g/mol. The van der Waals surface area contributed by atoms with Crippen molar-refractivity contribution in [3.05, 3.63) is 18.2 Å². The predicted molar refractivity (Wildman–Crippen MR) is 74.6 cm³/mol. The van der Waals surface area contributed by atoms with Crippen molar-refractivity contribution < 1.29 is 4.79 Å². The third-order valence-electron chi connectivity index (χ3n) is 3.98. The Balaban J connectivity index is 1.70.